The van der Waals surface area contributed by atoms with Crippen molar-refractivity contribution in [1.29, 1.82) is 0 Å². The summed E-state index contributed by atoms with van der Waals surface area (Å²) in [4.78, 5) is 12.2. The van der Waals surface area contributed by atoms with E-state index >= 15 is 0 Å². The third-order valence-corrected chi connectivity index (χ3v) is 4.97. The van der Waals surface area contributed by atoms with Gasteiger partial charge in [0, 0.05) is 18.9 Å². The minimum Gasteiger partial charge on any atom is -0.378 e. The Labute approximate surface area is 118 Å². The molecule has 19 heavy (non-hydrogen) atoms. The van der Waals surface area contributed by atoms with Crippen molar-refractivity contribution in [2.24, 2.45) is 11.8 Å². The van der Waals surface area contributed by atoms with Crippen LogP contribution in [0, 0.1) is 11.8 Å². The quantitative estimate of drug-likeness (QED) is 0.677. The normalized spacial score (nSPS) is 31.5. The van der Waals surface area contributed by atoms with Gasteiger partial charge in [-0.15, -0.1) is 0 Å². The van der Waals surface area contributed by atoms with Crippen LogP contribution in [0.5, 0.6) is 0 Å². The van der Waals surface area contributed by atoms with Crippen molar-refractivity contribution < 1.29 is 9.53 Å². The van der Waals surface area contributed by atoms with Crippen molar-refractivity contribution in [2.75, 3.05) is 6.61 Å². The van der Waals surface area contributed by atoms with E-state index in [-0.39, 0.29) is 0 Å². The van der Waals surface area contributed by atoms with Gasteiger partial charge in [-0.3, -0.25) is 4.79 Å². The van der Waals surface area contributed by atoms with Crippen molar-refractivity contribution in [2.45, 2.75) is 83.7 Å². The molecule has 1 saturated heterocycles. The zero-order valence-electron chi connectivity index (χ0n) is 12.5. The number of ketones is 1. The molecule has 0 N–H and O–H groups in total. The summed E-state index contributed by atoms with van der Waals surface area (Å²) in [6.07, 6.45) is 13.3. The molecule has 0 bridgehead atoms. The molecule has 2 heteroatoms. The van der Waals surface area contributed by atoms with Gasteiger partial charge in [0.15, 0.2) is 0 Å². The van der Waals surface area contributed by atoms with Gasteiger partial charge < -0.3 is 4.74 Å². The number of ether oxygens (including phenoxy) is 1. The smallest absolute Gasteiger partial charge is 0.135 e. The molecule has 0 aromatic heterocycles. The monoisotopic (exact) mass is 266 g/mol. The summed E-state index contributed by atoms with van der Waals surface area (Å²) in [7, 11) is 0. The highest BCUT2D eigenvalue weighted by molar-refractivity contribution is 5.81. The van der Waals surface area contributed by atoms with E-state index in [0.29, 0.717) is 17.8 Å². The van der Waals surface area contributed by atoms with Crippen LogP contribution in [-0.4, -0.2) is 18.5 Å². The molecule has 0 spiro atoms. The van der Waals surface area contributed by atoms with E-state index in [1.54, 1.807) is 0 Å². The van der Waals surface area contributed by atoms with Crippen molar-refractivity contribution in [3.8, 4) is 0 Å². The number of carbonyl (C=O) groups is 1. The lowest BCUT2D eigenvalue weighted by molar-refractivity contribution is -0.124. The minimum atomic E-state index is 0.387. The highest BCUT2D eigenvalue weighted by Gasteiger charge is 2.25. The molecular formula is C17H30O2. The third kappa shape index (κ3) is 4.91. The Morgan fingerprint density at radius 2 is 1.89 bits per heavy atom. The van der Waals surface area contributed by atoms with Crippen LogP contribution in [0.1, 0.15) is 77.6 Å². The Hall–Kier alpha value is -0.370. The molecule has 2 rings (SSSR count). The van der Waals surface area contributed by atoms with Crippen LogP contribution in [0.3, 0.4) is 0 Å². The Morgan fingerprint density at radius 1 is 1.11 bits per heavy atom. The Kier molecular flexibility index (Phi) is 6.36. The lowest BCUT2D eigenvalue weighted by Crippen LogP contribution is -2.22. The van der Waals surface area contributed by atoms with Crippen LogP contribution < -0.4 is 0 Å². The van der Waals surface area contributed by atoms with Crippen molar-refractivity contribution in [3.05, 3.63) is 0 Å². The van der Waals surface area contributed by atoms with Gasteiger partial charge in [-0.1, -0.05) is 19.8 Å². The molecule has 0 radical (unpaired) electrons. The third-order valence-electron chi connectivity index (χ3n) is 4.97. The van der Waals surface area contributed by atoms with Gasteiger partial charge in [-0.2, -0.15) is 0 Å². The summed E-state index contributed by atoms with van der Waals surface area (Å²) in [5.74, 6) is 1.83. The molecule has 1 heterocycles. The van der Waals surface area contributed by atoms with Gasteiger partial charge in [0.25, 0.3) is 0 Å². The maximum atomic E-state index is 12.2. The summed E-state index contributed by atoms with van der Waals surface area (Å²) in [5, 5.41) is 0. The molecule has 2 fully saturated rings. The van der Waals surface area contributed by atoms with E-state index in [2.05, 4.69) is 6.92 Å². The number of hydrogen-bond donors (Lipinski definition) is 0. The van der Waals surface area contributed by atoms with Crippen molar-refractivity contribution in [3.63, 3.8) is 0 Å². The molecule has 1 atom stereocenters. The molecule has 1 aliphatic carbocycles. The Bertz CT molecular complexity index is 260. The second-order valence-electron chi connectivity index (χ2n) is 6.50. The largest absolute Gasteiger partial charge is 0.378 e. The predicted molar refractivity (Wildman–Crippen MR) is 78.2 cm³/mol. The standard InChI is InChI=1S/C17H30O2/c1-2-5-14-9-11-15(12-10-14)17(18)8-3-6-16-7-4-13-19-16/h14-16H,2-13H2,1H3. The van der Waals surface area contributed by atoms with Crippen LogP contribution in [0.25, 0.3) is 0 Å². The molecule has 0 amide bonds. The molecule has 0 aromatic carbocycles. The highest BCUT2D eigenvalue weighted by Crippen LogP contribution is 2.32. The predicted octanol–water partition coefficient (Wildman–Crippen LogP) is 4.51. The summed E-state index contributed by atoms with van der Waals surface area (Å²) in [6.45, 7) is 3.20. The SMILES string of the molecule is CCCC1CCC(C(=O)CCCC2CCCO2)CC1. The number of Topliss-reactive ketones (excluding diaryl/α,β-unsaturated/α-hetero) is 1. The summed E-state index contributed by atoms with van der Waals surface area (Å²) < 4.78 is 5.61. The van der Waals surface area contributed by atoms with E-state index in [0.717, 1.165) is 44.6 Å². The first kappa shape index (κ1) is 15.0. The highest BCUT2D eigenvalue weighted by atomic mass is 16.5. The van der Waals surface area contributed by atoms with Gasteiger partial charge in [0.05, 0.1) is 6.10 Å². The zero-order valence-corrected chi connectivity index (χ0v) is 12.5. The molecule has 2 nitrogen and oxygen atoms in total. The first-order chi connectivity index (χ1) is 9.29. The van der Waals surface area contributed by atoms with Crippen LogP contribution in [0.4, 0.5) is 0 Å². The Balaban J connectivity index is 1.58. The molecular weight excluding hydrogens is 236 g/mol. The lowest BCUT2D eigenvalue weighted by Gasteiger charge is -2.27. The molecule has 1 aliphatic heterocycles. The fourth-order valence-electron chi connectivity index (χ4n) is 3.76. The van der Waals surface area contributed by atoms with E-state index in [1.807, 2.05) is 0 Å². The van der Waals surface area contributed by atoms with Gasteiger partial charge in [-0.05, 0) is 57.3 Å². The van der Waals surface area contributed by atoms with Crippen LogP contribution in [-0.2, 0) is 9.53 Å². The molecule has 2 aliphatic rings. The van der Waals surface area contributed by atoms with E-state index < -0.39 is 0 Å². The van der Waals surface area contributed by atoms with Crippen LogP contribution in [0.2, 0.25) is 0 Å². The average molecular weight is 266 g/mol. The van der Waals surface area contributed by atoms with Gasteiger partial charge in [0.2, 0.25) is 0 Å². The second-order valence-corrected chi connectivity index (χ2v) is 6.50. The fraction of sp³-hybridized carbons (Fsp3) is 0.941. The lowest BCUT2D eigenvalue weighted by atomic mass is 9.77. The zero-order chi connectivity index (χ0) is 13.5. The average Bonchev–Trinajstić information content (AvgIpc) is 2.93. The molecule has 110 valence electrons. The molecule has 1 saturated carbocycles. The Morgan fingerprint density at radius 3 is 2.53 bits per heavy atom. The minimum absolute atomic E-state index is 0.387. The summed E-state index contributed by atoms with van der Waals surface area (Å²) >= 11 is 0. The molecule has 0 aromatic rings. The number of rotatable bonds is 7. The van der Waals surface area contributed by atoms with Gasteiger partial charge in [-0.25, -0.2) is 0 Å². The van der Waals surface area contributed by atoms with Gasteiger partial charge in [0.1, 0.15) is 5.78 Å². The molecule has 1 unspecified atom stereocenters. The van der Waals surface area contributed by atoms with E-state index in [4.69, 9.17) is 4.74 Å². The van der Waals surface area contributed by atoms with Gasteiger partial charge >= 0.3 is 0 Å². The number of hydrogen-bond acceptors (Lipinski definition) is 2. The topological polar surface area (TPSA) is 26.3 Å². The first-order valence-corrected chi connectivity index (χ1v) is 8.44. The van der Waals surface area contributed by atoms with Crippen molar-refractivity contribution in [1.82, 2.24) is 0 Å². The van der Waals surface area contributed by atoms with Crippen molar-refractivity contribution >= 4 is 5.78 Å². The van der Waals surface area contributed by atoms with E-state index in [9.17, 15) is 4.79 Å². The first-order valence-electron chi connectivity index (χ1n) is 8.44. The maximum absolute atomic E-state index is 12.2. The van der Waals surface area contributed by atoms with Crippen LogP contribution >= 0.6 is 0 Å². The maximum Gasteiger partial charge on any atom is 0.135 e. The summed E-state index contributed by atoms with van der Waals surface area (Å²) in [5.41, 5.74) is 0. The number of carbonyl (C=O) groups excluding carboxylic acids is 1. The van der Waals surface area contributed by atoms with E-state index in [1.165, 1.54) is 38.5 Å². The fourth-order valence-corrected chi connectivity index (χ4v) is 3.76. The summed E-state index contributed by atoms with van der Waals surface area (Å²) in [6, 6.07) is 0. The van der Waals surface area contributed by atoms with Crippen LogP contribution in [0.15, 0.2) is 0 Å². The second kappa shape index (κ2) is 8.04.